The number of carbonyl (C=O) groups is 1. The molecule has 2 rings (SSSR count). The fraction of sp³-hybridized carbons (Fsp3) is 0.385. The van der Waals surface area contributed by atoms with E-state index in [4.69, 9.17) is 4.74 Å². The minimum absolute atomic E-state index is 0.239. The molecule has 1 atom stereocenters. The number of hydrogen-bond donors (Lipinski definition) is 1. The zero-order valence-electron chi connectivity index (χ0n) is 11.1. The van der Waals surface area contributed by atoms with Crippen LogP contribution in [0.4, 0.5) is 5.69 Å². The summed E-state index contributed by atoms with van der Waals surface area (Å²) in [6, 6.07) is 5.63. The molecule has 0 aliphatic carbocycles. The van der Waals surface area contributed by atoms with Crippen molar-refractivity contribution in [3.8, 4) is 0 Å². The minimum atomic E-state index is -0.310. The molecule has 1 heterocycles. The van der Waals surface area contributed by atoms with Gasteiger partial charge in [0.2, 0.25) is 0 Å². The molecule has 0 aliphatic heterocycles. The third-order valence-electron chi connectivity index (χ3n) is 2.78. The lowest BCUT2D eigenvalue weighted by molar-refractivity contribution is -0.141. The van der Waals surface area contributed by atoms with Crippen LogP contribution in [0.5, 0.6) is 0 Å². The summed E-state index contributed by atoms with van der Waals surface area (Å²) >= 11 is 3.30. The molecular weight excluding hydrogens is 280 g/mol. The van der Waals surface area contributed by atoms with E-state index in [1.54, 1.807) is 23.1 Å². The Balaban J connectivity index is 2.22. The Morgan fingerprint density at radius 3 is 3.00 bits per heavy atom. The summed E-state index contributed by atoms with van der Waals surface area (Å²) < 4.78 is 6.94. The Morgan fingerprint density at radius 1 is 1.58 bits per heavy atom. The van der Waals surface area contributed by atoms with Gasteiger partial charge in [0.1, 0.15) is 6.04 Å². The predicted molar refractivity (Wildman–Crippen MR) is 81.1 cm³/mol. The van der Waals surface area contributed by atoms with Gasteiger partial charge in [0.15, 0.2) is 4.34 Å². The van der Waals surface area contributed by atoms with Gasteiger partial charge < -0.3 is 10.1 Å². The Labute approximate surface area is 120 Å². The summed E-state index contributed by atoms with van der Waals surface area (Å²) in [6.07, 6.45) is 2.70. The number of carbonyl (C=O) groups excluding carboxylic acids is 1. The van der Waals surface area contributed by atoms with E-state index in [0.717, 1.165) is 20.2 Å². The molecule has 0 spiro atoms. The molecule has 1 aromatic heterocycles. The number of fused-ring (bicyclic) bond motifs is 1. The molecule has 1 unspecified atom stereocenters. The van der Waals surface area contributed by atoms with Crippen LogP contribution in [0.15, 0.2) is 22.5 Å². The molecule has 0 radical (unpaired) electrons. The third kappa shape index (κ3) is 3.19. The highest BCUT2D eigenvalue weighted by atomic mass is 32.2. The smallest absolute Gasteiger partial charge is 0.328 e. The molecule has 0 saturated heterocycles. The fourth-order valence-electron chi connectivity index (χ4n) is 1.75. The number of benzene rings is 1. The first-order chi connectivity index (χ1) is 9.17. The van der Waals surface area contributed by atoms with Gasteiger partial charge in [-0.05, 0) is 30.9 Å². The van der Waals surface area contributed by atoms with Crippen LogP contribution in [0.3, 0.4) is 0 Å². The van der Waals surface area contributed by atoms with E-state index in [-0.39, 0.29) is 12.0 Å². The molecule has 0 saturated carbocycles. The first-order valence-corrected chi connectivity index (χ1v) is 8.01. The summed E-state index contributed by atoms with van der Waals surface area (Å²) in [5, 5.41) is 3.20. The standard InChI is InChI=1S/C13H16N2O2S2/c1-4-9(12(16)17-2)14-8-5-6-10-11(7-8)19-13(15-10)18-3/h5-7,9,14H,4H2,1-3H3. The van der Waals surface area contributed by atoms with Crippen molar-refractivity contribution in [2.75, 3.05) is 18.7 Å². The van der Waals surface area contributed by atoms with E-state index in [1.165, 1.54) is 7.11 Å². The number of esters is 1. The second kappa shape index (κ2) is 6.25. The highest BCUT2D eigenvalue weighted by molar-refractivity contribution is 8.00. The van der Waals surface area contributed by atoms with E-state index in [0.29, 0.717) is 6.42 Å². The van der Waals surface area contributed by atoms with E-state index in [9.17, 15) is 4.79 Å². The van der Waals surface area contributed by atoms with Crippen LogP contribution in [0, 0.1) is 0 Å². The maximum absolute atomic E-state index is 11.6. The Kier molecular flexibility index (Phi) is 4.66. The van der Waals surface area contributed by atoms with Crippen molar-refractivity contribution < 1.29 is 9.53 Å². The average molecular weight is 296 g/mol. The number of aromatic nitrogens is 1. The van der Waals surface area contributed by atoms with Crippen LogP contribution in [-0.2, 0) is 9.53 Å². The monoisotopic (exact) mass is 296 g/mol. The third-order valence-corrected chi connectivity index (χ3v) is 4.78. The van der Waals surface area contributed by atoms with Gasteiger partial charge in [0.05, 0.1) is 17.3 Å². The molecule has 0 bridgehead atoms. The molecule has 2 aromatic rings. The summed E-state index contributed by atoms with van der Waals surface area (Å²) in [7, 11) is 1.41. The molecule has 102 valence electrons. The van der Waals surface area contributed by atoms with Gasteiger partial charge in [-0.1, -0.05) is 18.7 Å². The van der Waals surface area contributed by atoms with Crippen molar-refractivity contribution in [2.45, 2.75) is 23.7 Å². The number of thiazole rings is 1. The predicted octanol–water partition coefficient (Wildman–Crippen LogP) is 3.38. The lowest BCUT2D eigenvalue weighted by Crippen LogP contribution is -2.29. The van der Waals surface area contributed by atoms with Gasteiger partial charge in [-0.25, -0.2) is 9.78 Å². The first-order valence-electron chi connectivity index (χ1n) is 5.97. The molecule has 4 nitrogen and oxygen atoms in total. The van der Waals surface area contributed by atoms with Crippen LogP contribution >= 0.6 is 23.1 Å². The zero-order chi connectivity index (χ0) is 13.8. The van der Waals surface area contributed by atoms with Crippen molar-refractivity contribution in [1.29, 1.82) is 0 Å². The lowest BCUT2D eigenvalue weighted by Gasteiger charge is -2.15. The number of ether oxygens (including phenoxy) is 1. The first kappa shape index (κ1) is 14.1. The average Bonchev–Trinajstić information content (AvgIpc) is 2.86. The lowest BCUT2D eigenvalue weighted by atomic mass is 10.2. The van der Waals surface area contributed by atoms with Crippen molar-refractivity contribution in [3.05, 3.63) is 18.2 Å². The molecule has 0 aliphatic rings. The second-order valence-electron chi connectivity index (χ2n) is 3.99. The maximum atomic E-state index is 11.6. The Bertz CT molecular complexity index is 583. The normalized spacial score (nSPS) is 12.4. The highest BCUT2D eigenvalue weighted by Crippen LogP contribution is 2.30. The van der Waals surface area contributed by atoms with Gasteiger partial charge in [-0.15, -0.1) is 11.3 Å². The van der Waals surface area contributed by atoms with Crippen LogP contribution in [-0.4, -0.2) is 30.4 Å². The minimum Gasteiger partial charge on any atom is -0.467 e. The molecule has 0 amide bonds. The number of methoxy groups -OCH3 is 1. The van der Waals surface area contributed by atoms with E-state index >= 15 is 0 Å². The van der Waals surface area contributed by atoms with E-state index in [2.05, 4.69) is 10.3 Å². The van der Waals surface area contributed by atoms with E-state index in [1.807, 2.05) is 31.4 Å². The molecular formula is C13H16N2O2S2. The highest BCUT2D eigenvalue weighted by Gasteiger charge is 2.16. The Morgan fingerprint density at radius 2 is 2.37 bits per heavy atom. The number of hydrogen-bond acceptors (Lipinski definition) is 6. The van der Waals surface area contributed by atoms with Crippen molar-refractivity contribution in [3.63, 3.8) is 0 Å². The quantitative estimate of drug-likeness (QED) is 0.677. The summed E-state index contributed by atoms with van der Waals surface area (Å²) in [6.45, 7) is 1.95. The molecule has 1 N–H and O–H groups in total. The number of thioether (sulfide) groups is 1. The van der Waals surface area contributed by atoms with E-state index < -0.39 is 0 Å². The van der Waals surface area contributed by atoms with Gasteiger partial charge in [-0.3, -0.25) is 0 Å². The largest absolute Gasteiger partial charge is 0.467 e. The number of nitrogens with one attached hydrogen (secondary N) is 1. The van der Waals surface area contributed by atoms with Crippen LogP contribution in [0.2, 0.25) is 0 Å². The van der Waals surface area contributed by atoms with Crippen molar-refractivity contribution in [1.82, 2.24) is 4.98 Å². The van der Waals surface area contributed by atoms with Gasteiger partial charge in [-0.2, -0.15) is 0 Å². The molecule has 0 fully saturated rings. The molecule has 1 aromatic carbocycles. The number of rotatable bonds is 5. The Hall–Kier alpha value is -1.27. The topological polar surface area (TPSA) is 51.2 Å². The van der Waals surface area contributed by atoms with Crippen molar-refractivity contribution >= 4 is 45.0 Å². The van der Waals surface area contributed by atoms with Crippen molar-refractivity contribution in [2.24, 2.45) is 0 Å². The SMILES string of the molecule is CCC(Nc1ccc2nc(SC)sc2c1)C(=O)OC. The summed E-state index contributed by atoms with van der Waals surface area (Å²) in [5.41, 5.74) is 1.91. The summed E-state index contributed by atoms with van der Waals surface area (Å²) in [4.78, 5) is 16.0. The zero-order valence-corrected chi connectivity index (χ0v) is 12.7. The summed E-state index contributed by atoms with van der Waals surface area (Å²) in [5.74, 6) is -0.239. The molecule has 6 heteroatoms. The second-order valence-corrected chi connectivity index (χ2v) is 6.08. The number of nitrogens with zero attached hydrogens (tertiary/aromatic N) is 1. The number of anilines is 1. The fourth-order valence-corrected chi connectivity index (χ4v) is 3.28. The van der Waals surface area contributed by atoms with Crippen LogP contribution in [0.1, 0.15) is 13.3 Å². The van der Waals surface area contributed by atoms with Crippen LogP contribution < -0.4 is 5.32 Å². The van der Waals surface area contributed by atoms with Gasteiger partial charge >= 0.3 is 5.97 Å². The molecule has 19 heavy (non-hydrogen) atoms. The van der Waals surface area contributed by atoms with Crippen LogP contribution in [0.25, 0.3) is 10.2 Å². The maximum Gasteiger partial charge on any atom is 0.328 e. The van der Waals surface area contributed by atoms with Gasteiger partial charge in [0.25, 0.3) is 0 Å². The van der Waals surface area contributed by atoms with Gasteiger partial charge in [0, 0.05) is 5.69 Å².